The molecule has 0 bridgehead atoms. The standard InChI is InChI=1S/C47H54N10O6S/c1-30(2)36-6-3-4-7-37(36)40-8-5-17-55(40)34-25-47(26-34)14-18-54(19-15-47)33-9-10-38(41(23-33)56-42-22-32-11-16-48-44(32)52-39(42)29-51-56)46(58)53-64(61,62)35-24-43(57(59)60)45(50-28-35)49-27-31-12-20-63-21-13-31/h3-4,6-7,9-11,16,22-24,28-31,34,40H,5,8,12-15,17-21,25-27H2,1-2H3,(H,48,52)(H,49,50)(H,53,58)/t40-/m1/s1. The molecule has 0 unspecified atom stereocenters. The third kappa shape index (κ3) is 7.98. The lowest BCUT2D eigenvalue weighted by Crippen LogP contribution is -2.55. The number of rotatable bonds is 12. The number of pyridine rings is 2. The summed E-state index contributed by atoms with van der Waals surface area (Å²) in [5.74, 6) is -0.225. The average Bonchev–Trinajstić information content (AvgIpc) is 4.07. The second kappa shape index (κ2) is 16.9. The van der Waals surface area contributed by atoms with Gasteiger partial charge in [0.15, 0.2) is 0 Å². The molecule has 4 aliphatic rings. The second-order valence-corrected chi connectivity index (χ2v) is 20.1. The number of amides is 1. The Morgan fingerprint density at radius 1 is 1.02 bits per heavy atom. The highest BCUT2D eigenvalue weighted by Crippen LogP contribution is 2.54. The largest absolute Gasteiger partial charge is 0.381 e. The molecular formula is C47H54N10O6S. The van der Waals surface area contributed by atoms with Gasteiger partial charge in [0.25, 0.3) is 15.9 Å². The zero-order valence-electron chi connectivity index (χ0n) is 36.2. The summed E-state index contributed by atoms with van der Waals surface area (Å²) in [6.45, 7) is 9.09. The van der Waals surface area contributed by atoms with Crippen molar-refractivity contribution in [3.63, 3.8) is 0 Å². The van der Waals surface area contributed by atoms with Gasteiger partial charge in [-0.2, -0.15) is 5.10 Å². The first kappa shape index (κ1) is 42.1. The van der Waals surface area contributed by atoms with E-state index in [-0.39, 0.29) is 17.3 Å². The molecule has 3 saturated heterocycles. The molecule has 64 heavy (non-hydrogen) atoms. The van der Waals surface area contributed by atoms with E-state index in [1.54, 1.807) is 23.1 Å². The maximum absolute atomic E-state index is 14.2. The molecule has 1 amide bonds. The van der Waals surface area contributed by atoms with E-state index in [9.17, 15) is 23.3 Å². The summed E-state index contributed by atoms with van der Waals surface area (Å²) in [6, 6.07) is 20.2. The number of aromatic nitrogens is 5. The number of nitrogens with one attached hydrogen (secondary N) is 3. The molecule has 2 aromatic carbocycles. The van der Waals surface area contributed by atoms with E-state index in [0.29, 0.717) is 65.5 Å². The number of carbonyl (C=O) groups is 1. The number of carbonyl (C=O) groups excluding carboxylic acids is 1. The second-order valence-electron chi connectivity index (χ2n) is 18.5. The lowest BCUT2D eigenvalue weighted by Gasteiger charge is -2.56. The highest BCUT2D eigenvalue weighted by molar-refractivity contribution is 7.90. The molecule has 1 atom stereocenters. The number of likely N-dealkylation sites (tertiary alicyclic amines) is 1. The van der Waals surface area contributed by atoms with Gasteiger partial charge in [-0.15, -0.1) is 0 Å². The van der Waals surface area contributed by atoms with Gasteiger partial charge in [-0.05, 0) is 117 Å². The first-order chi connectivity index (χ1) is 30.9. The summed E-state index contributed by atoms with van der Waals surface area (Å²) in [5.41, 5.74) is 6.01. The fourth-order valence-corrected chi connectivity index (χ4v) is 11.6. The number of piperidine rings is 1. The maximum Gasteiger partial charge on any atom is 0.312 e. The van der Waals surface area contributed by atoms with Crippen LogP contribution in [0.25, 0.3) is 27.8 Å². The Morgan fingerprint density at radius 3 is 2.59 bits per heavy atom. The van der Waals surface area contributed by atoms with Crippen LogP contribution in [0.5, 0.6) is 0 Å². The number of fused-ring (bicyclic) bond motifs is 2. The Kier molecular flexibility index (Phi) is 11.1. The van der Waals surface area contributed by atoms with Gasteiger partial charge < -0.3 is 19.9 Å². The Balaban J connectivity index is 0.886. The van der Waals surface area contributed by atoms with Crippen molar-refractivity contribution in [1.82, 2.24) is 34.4 Å². The third-order valence-corrected chi connectivity index (χ3v) is 15.6. The number of benzene rings is 2. The van der Waals surface area contributed by atoms with E-state index in [2.05, 4.69) is 73.0 Å². The van der Waals surface area contributed by atoms with E-state index < -0.39 is 31.4 Å². The molecule has 1 aliphatic carbocycles. The van der Waals surface area contributed by atoms with Gasteiger partial charge in [0.05, 0.1) is 34.1 Å². The quantitative estimate of drug-likeness (QED) is 0.0797. The Labute approximate surface area is 372 Å². The van der Waals surface area contributed by atoms with Crippen molar-refractivity contribution < 1.29 is 22.9 Å². The molecule has 17 heteroatoms. The number of sulfonamides is 1. The number of nitro groups is 1. The normalized spacial score (nSPS) is 19.7. The fraction of sp³-hybridized carbons (Fsp3) is 0.447. The number of ether oxygens (including phenoxy) is 1. The van der Waals surface area contributed by atoms with Crippen LogP contribution in [0.4, 0.5) is 17.2 Å². The van der Waals surface area contributed by atoms with Crippen LogP contribution in [0.2, 0.25) is 0 Å². The summed E-state index contributed by atoms with van der Waals surface area (Å²) in [7, 11) is -4.61. The lowest BCUT2D eigenvalue weighted by atomic mass is 9.59. The summed E-state index contributed by atoms with van der Waals surface area (Å²) in [6.07, 6.45) is 13.0. The zero-order chi connectivity index (χ0) is 44.2. The van der Waals surface area contributed by atoms with Crippen molar-refractivity contribution in [2.75, 3.05) is 49.6 Å². The number of aromatic amines is 1. The molecule has 10 rings (SSSR count). The van der Waals surface area contributed by atoms with E-state index in [4.69, 9.17) is 9.72 Å². The molecule has 334 valence electrons. The fourth-order valence-electron chi connectivity index (χ4n) is 10.7. The van der Waals surface area contributed by atoms with Crippen LogP contribution in [0.1, 0.15) is 98.7 Å². The van der Waals surface area contributed by atoms with Gasteiger partial charge in [0.2, 0.25) is 5.82 Å². The SMILES string of the molecule is CC(C)c1ccccc1[C@H]1CCCN1C1CC2(CCN(c3ccc(C(=O)NS(=O)(=O)c4cnc(NCC5CCOCC5)c([N+](=O)[O-])c4)c(-n4ncc5nc6[nH]ccc6cc54)c3)CC2)C1. The molecule has 1 saturated carbocycles. The van der Waals surface area contributed by atoms with Crippen molar-refractivity contribution in [3.05, 3.63) is 106 Å². The maximum atomic E-state index is 14.2. The van der Waals surface area contributed by atoms with Crippen LogP contribution >= 0.6 is 0 Å². The highest BCUT2D eigenvalue weighted by atomic mass is 32.2. The van der Waals surface area contributed by atoms with Crippen molar-refractivity contribution >= 4 is 55.2 Å². The van der Waals surface area contributed by atoms with Crippen LogP contribution < -0.4 is 14.9 Å². The van der Waals surface area contributed by atoms with Crippen LogP contribution in [-0.4, -0.2) is 94.3 Å². The first-order valence-corrected chi connectivity index (χ1v) is 24.0. The van der Waals surface area contributed by atoms with Gasteiger partial charge in [-0.3, -0.25) is 19.8 Å². The van der Waals surface area contributed by atoms with Gasteiger partial charge in [0.1, 0.15) is 16.1 Å². The Bertz CT molecular complexity index is 2840. The molecule has 16 nitrogen and oxygen atoms in total. The molecule has 4 fully saturated rings. The summed E-state index contributed by atoms with van der Waals surface area (Å²) < 4.78 is 36.8. The monoisotopic (exact) mass is 886 g/mol. The molecule has 3 aliphatic heterocycles. The minimum atomic E-state index is -4.61. The average molecular weight is 887 g/mol. The third-order valence-electron chi connectivity index (χ3n) is 14.3. The van der Waals surface area contributed by atoms with Gasteiger partial charge >= 0.3 is 5.69 Å². The van der Waals surface area contributed by atoms with Crippen molar-refractivity contribution in [2.45, 2.75) is 88.1 Å². The molecule has 4 aromatic heterocycles. The predicted octanol–water partition coefficient (Wildman–Crippen LogP) is 7.87. The van der Waals surface area contributed by atoms with Gasteiger partial charge in [0, 0.05) is 68.3 Å². The predicted molar refractivity (Wildman–Crippen MR) is 244 cm³/mol. The van der Waals surface area contributed by atoms with Gasteiger partial charge in [-0.25, -0.2) is 27.8 Å². The van der Waals surface area contributed by atoms with Gasteiger partial charge in [-0.1, -0.05) is 38.1 Å². The van der Waals surface area contributed by atoms with Crippen molar-refractivity contribution in [1.29, 1.82) is 0 Å². The molecule has 1 spiro atoms. The number of hydrogen-bond acceptors (Lipinski definition) is 12. The highest BCUT2D eigenvalue weighted by Gasteiger charge is 2.50. The van der Waals surface area contributed by atoms with Crippen molar-refractivity contribution in [2.24, 2.45) is 11.3 Å². The molecule has 3 N–H and O–H groups in total. The number of nitrogens with zero attached hydrogens (tertiary/aromatic N) is 7. The minimum Gasteiger partial charge on any atom is -0.381 e. The smallest absolute Gasteiger partial charge is 0.312 e. The molecule has 7 heterocycles. The summed E-state index contributed by atoms with van der Waals surface area (Å²) >= 11 is 0. The number of anilines is 2. The molecular weight excluding hydrogens is 833 g/mol. The van der Waals surface area contributed by atoms with Crippen LogP contribution in [-0.2, 0) is 14.8 Å². The van der Waals surface area contributed by atoms with Crippen molar-refractivity contribution in [3.8, 4) is 5.69 Å². The zero-order valence-corrected chi connectivity index (χ0v) is 37.0. The molecule has 0 radical (unpaired) electrons. The van der Waals surface area contributed by atoms with Crippen LogP contribution in [0, 0.1) is 21.4 Å². The lowest BCUT2D eigenvalue weighted by molar-refractivity contribution is -0.384. The van der Waals surface area contributed by atoms with Crippen LogP contribution in [0.15, 0.2) is 84.1 Å². The van der Waals surface area contributed by atoms with E-state index >= 15 is 0 Å². The minimum absolute atomic E-state index is 0.0420. The van der Waals surface area contributed by atoms with E-state index in [1.165, 1.54) is 36.8 Å². The van der Waals surface area contributed by atoms with E-state index in [0.717, 1.165) is 68.7 Å². The van der Waals surface area contributed by atoms with E-state index in [1.807, 2.05) is 24.3 Å². The summed E-state index contributed by atoms with van der Waals surface area (Å²) in [4.78, 5) is 42.2. The summed E-state index contributed by atoms with van der Waals surface area (Å²) in [5, 5.41) is 20.6. The number of hydrogen-bond donors (Lipinski definition) is 3. The number of H-pyrrole nitrogens is 1. The Morgan fingerprint density at radius 2 is 1.81 bits per heavy atom. The topological polar surface area (TPSA) is 194 Å². The van der Waals surface area contributed by atoms with Crippen LogP contribution in [0.3, 0.4) is 0 Å². The first-order valence-electron chi connectivity index (χ1n) is 22.5. The molecule has 6 aromatic rings. The Hall–Kier alpha value is -5.91.